The summed E-state index contributed by atoms with van der Waals surface area (Å²) in [5.41, 5.74) is 0.853. The summed E-state index contributed by atoms with van der Waals surface area (Å²) in [5, 5.41) is 10.4. The minimum atomic E-state index is -0.520. The number of ether oxygens (including phenoxy) is 1. The van der Waals surface area contributed by atoms with Crippen LogP contribution in [0, 0.1) is 0 Å². The van der Waals surface area contributed by atoms with Gasteiger partial charge in [0.25, 0.3) is 0 Å². The van der Waals surface area contributed by atoms with Crippen molar-refractivity contribution in [3.8, 4) is 5.75 Å². The van der Waals surface area contributed by atoms with Crippen molar-refractivity contribution in [2.24, 2.45) is 0 Å². The van der Waals surface area contributed by atoms with E-state index in [0.29, 0.717) is 13.0 Å². The molecule has 1 N–H and O–H groups in total. The molecule has 0 saturated carbocycles. The van der Waals surface area contributed by atoms with Crippen LogP contribution in [-0.4, -0.2) is 60.1 Å². The molecule has 1 unspecified atom stereocenters. The Labute approximate surface area is 132 Å². The predicted octanol–water partition coefficient (Wildman–Crippen LogP) is 1.67. The van der Waals surface area contributed by atoms with Gasteiger partial charge in [0.05, 0.1) is 12.7 Å². The summed E-state index contributed by atoms with van der Waals surface area (Å²) in [4.78, 5) is 15.5. The summed E-state index contributed by atoms with van der Waals surface area (Å²) in [5.74, 6) is 0.907. The van der Waals surface area contributed by atoms with Gasteiger partial charge in [-0.1, -0.05) is 18.2 Å². The monoisotopic (exact) mass is 306 g/mol. The Balaban J connectivity index is 1.83. The van der Waals surface area contributed by atoms with Gasteiger partial charge >= 0.3 is 0 Å². The lowest BCUT2D eigenvalue weighted by Crippen LogP contribution is -2.48. The summed E-state index contributed by atoms with van der Waals surface area (Å²) in [6.07, 6.45) is 0.151. The third-order valence-corrected chi connectivity index (χ3v) is 4.11. The fraction of sp³-hybridized carbons (Fsp3) is 0.588. The number of aliphatic hydroxyl groups excluding tert-OH is 1. The zero-order valence-corrected chi connectivity index (χ0v) is 13.5. The van der Waals surface area contributed by atoms with Crippen molar-refractivity contribution in [3.05, 3.63) is 29.8 Å². The normalized spacial score (nSPS) is 17.3. The van der Waals surface area contributed by atoms with Crippen LogP contribution in [0.3, 0.4) is 0 Å². The zero-order chi connectivity index (χ0) is 15.9. The summed E-state index contributed by atoms with van der Waals surface area (Å²) < 4.78 is 5.57. The number of carbonyl (C=O) groups excluding carboxylic acids is 1. The molecular weight excluding hydrogens is 280 g/mol. The molecule has 1 aromatic carbocycles. The Morgan fingerprint density at radius 3 is 2.59 bits per heavy atom. The molecule has 0 aliphatic carbocycles. The SMILES string of the molecule is CCOc1ccccc1C(O)CCN1CCN(C(C)=O)CC1. The van der Waals surface area contributed by atoms with Gasteiger partial charge in [0.2, 0.25) is 5.91 Å². The van der Waals surface area contributed by atoms with Gasteiger partial charge in [0.15, 0.2) is 0 Å². The summed E-state index contributed by atoms with van der Waals surface area (Å²) in [6.45, 7) is 8.28. The molecule has 5 heteroatoms. The van der Waals surface area contributed by atoms with E-state index >= 15 is 0 Å². The zero-order valence-electron chi connectivity index (χ0n) is 13.5. The molecular formula is C17H26N2O3. The van der Waals surface area contributed by atoms with Crippen LogP contribution in [0.25, 0.3) is 0 Å². The smallest absolute Gasteiger partial charge is 0.219 e. The van der Waals surface area contributed by atoms with Crippen LogP contribution < -0.4 is 4.74 Å². The maximum absolute atomic E-state index is 11.3. The molecule has 122 valence electrons. The van der Waals surface area contributed by atoms with E-state index in [2.05, 4.69) is 4.90 Å². The third-order valence-electron chi connectivity index (χ3n) is 4.11. The third kappa shape index (κ3) is 4.45. The van der Waals surface area contributed by atoms with E-state index in [1.807, 2.05) is 36.1 Å². The highest BCUT2D eigenvalue weighted by Gasteiger charge is 2.20. The van der Waals surface area contributed by atoms with Crippen molar-refractivity contribution in [2.75, 3.05) is 39.3 Å². The average Bonchev–Trinajstić information content (AvgIpc) is 2.54. The highest BCUT2D eigenvalue weighted by Crippen LogP contribution is 2.27. The predicted molar refractivity (Wildman–Crippen MR) is 85.9 cm³/mol. The fourth-order valence-electron chi connectivity index (χ4n) is 2.79. The van der Waals surface area contributed by atoms with Crippen LogP contribution in [0.1, 0.15) is 31.9 Å². The van der Waals surface area contributed by atoms with Crippen LogP contribution in [0.5, 0.6) is 5.75 Å². The first kappa shape index (κ1) is 16.8. The Bertz CT molecular complexity index is 485. The molecule has 0 bridgehead atoms. The highest BCUT2D eigenvalue weighted by molar-refractivity contribution is 5.73. The molecule has 2 rings (SSSR count). The van der Waals surface area contributed by atoms with E-state index in [-0.39, 0.29) is 5.91 Å². The quantitative estimate of drug-likeness (QED) is 0.869. The Morgan fingerprint density at radius 2 is 1.95 bits per heavy atom. The van der Waals surface area contributed by atoms with Crippen molar-refractivity contribution in [1.29, 1.82) is 0 Å². The van der Waals surface area contributed by atoms with Gasteiger partial charge in [-0.3, -0.25) is 9.69 Å². The number of nitrogens with zero attached hydrogens (tertiary/aromatic N) is 2. The molecule has 1 fully saturated rings. The molecule has 0 aromatic heterocycles. The van der Waals surface area contributed by atoms with Crippen molar-refractivity contribution in [2.45, 2.75) is 26.4 Å². The first-order chi connectivity index (χ1) is 10.6. The van der Waals surface area contributed by atoms with Crippen LogP contribution in [0.15, 0.2) is 24.3 Å². The molecule has 5 nitrogen and oxygen atoms in total. The Morgan fingerprint density at radius 1 is 1.27 bits per heavy atom. The van der Waals surface area contributed by atoms with Crippen LogP contribution in [0.2, 0.25) is 0 Å². The number of hydrogen-bond donors (Lipinski definition) is 1. The van der Waals surface area contributed by atoms with Gasteiger partial charge in [0.1, 0.15) is 5.75 Å². The lowest BCUT2D eigenvalue weighted by Gasteiger charge is -2.34. The molecule has 1 aliphatic rings. The second-order valence-corrected chi connectivity index (χ2v) is 5.62. The van der Waals surface area contributed by atoms with Crippen LogP contribution in [-0.2, 0) is 4.79 Å². The van der Waals surface area contributed by atoms with E-state index in [1.165, 1.54) is 0 Å². The molecule has 0 radical (unpaired) electrons. The van der Waals surface area contributed by atoms with Crippen molar-refractivity contribution in [1.82, 2.24) is 9.80 Å². The summed E-state index contributed by atoms with van der Waals surface area (Å²) >= 11 is 0. The number of amides is 1. The molecule has 1 saturated heterocycles. The minimum absolute atomic E-state index is 0.144. The maximum Gasteiger partial charge on any atom is 0.219 e. The molecule has 1 atom stereocenters. The number of carbonyl (C=O) groups is 1. The van der Waals surface area contributed by atoms with E-state index in [0.717, 1.165) is 44.0 Å². The van der Waals surface area contributed by atoms with Crippen molar-refractivity contribution in [3.63, 3.8) is 0 Å². The number of para-hydroxylation sites is 1. The van der Waals surface area contributed by atoms with E-state index < -0.39 is 6.10 Å². The van der Waals surface area contributed by atoms with Crippen molar-refractivity contribution >= 4 is 5.91 Å². The maximum atomic E-state index is 11.3. The lowest BCUT2D eigenvalue weighted by molar-refractivity contribution is -0.130. The molecule has 1 aliphatic heterocycles. The molecule has 1 aromatic rings. The molecule has 1 amide bonds. The first-order valence-electron chi connectivity index (χ1n) is 7.99. The van der Waals surface area contributed by atoms with Gasteiger partial charge < -0.3 is 14.7 Å². The van der Waals surface area contributed by atoms with E-state index in [9.17, 15) is 9.90 Å². The number of hydrogen-bond acceptors (Lipinski definition) is 4. The van der Waals surface area contributed by atoms with Gasteiger partial charge in [-0.2, -0.15) is 0 Å². The second kappa shape index (κ2) is 8.15. The topological polar surface area (TPSA) is 53.0 Å². The molecule has 1 heterocycles. The Kier molecular flexibility index (Phi) is 6.21. The van der Waals surface area contributed by atoms with Crippen LogP contribution >= 0.6 is 0 Å². The summed E-state index contributed by atoms with van der Waals surface area (Å²) in [6, 6.07) is 7.66. The van der Waals surface area contributed by atoms with Gasteiger partial charge in [-0.15, -0.1) is 0 Å². The van der Waals surface area contributed by atoms with Crippen LogP contribution in [0.4, 0.5) is 0 Å². The van der Waals surface area contributed by atoms with Gasteiger partial charge in [0, 0.05) is 45.2 Å². The van der Waals surface area contributed by atoms with E-state index in [4.69, 9.17) is 4.74 Å². The number of rotatable bonds is 6. The van der Waals surface area contributed by atoms with Crippen molar-refractivity contribution < 1.29 is 14.6 Å². The fourth-order valence-corrected chi connectivity index (χ4v) is 2.79. The van der Waals surface area contributed by atoms with Gasteiger partial charge in [-0.25, -0.2) is 0 Å². The number of benzene rings is 1. The molecule has 0 spiro atoms. The average molecular weight is 306 g/mol. The molecule has 22 heavy (non-hydrogen) atoms. The largest absolute Gasteiger partial charge is 0.493 e. The number of aliphatic hydroxyl groups is 1. The lowest BCUT2D eigenvalue weighted by atomic mass is 10.0. The number of piperazine rings is 1. The van der Waals surface area contributed by atoms with Gasteiger partial charge in [-0.05, 0) is 19.4 Å². The minimum Gasteiger partial charge on any atom is -0.493 e. The Hall–Kier alpha value is -1.59. The highest BCUT2D eigenvalue weighted by atomic mass is 16.5. The first-order valence-corrected chi connectivity index (χ1v) is 7.99. The second-order valence-electron chi connectivity index (χ2n) is 5.62. The summed E-state index contributed by atoms with van der Waals surface area (Å²) in [7, 11) is 0. The standard InChI is InChI=1S/C17H26N2O3/c1-3-22-17-7-5-4-6-15(17)16(21)8-9-18-10-12-19(13-11-18)14(2)20/h4-7,16,21H,3,8-13H2,1-2H3. The van der Waals surface area contributed by atoms with E-state index in [1.54, 1.807) is 6.92 Å².